The van der Waals surface area contributed by atoms with E-state index < -0.39 is 0 Å². The molecule has 1 unspecified atom stereocenters. The highest BCUT2D eigenvalue weighted by molar-refractivity contribution is 6.12. The molecule has 1 aromatic carbocycles. The van der Waals surface area contributed by atoms with Gasteiger partial charge in [-0.25, -0.2) is 19.6 Å². The number of ether oxygens (including phenoxy) is 1. The fourth-order valence-corrected chi connectivity index (χ4v) is 6.45. The molecule has 0 aliphatic carbocycles. The quantitative estimate of drug-likeness (QED) is 0.459. The maximum atomic E-state index is 10.1. The Bertz CT molecular complexity index is 1340. The number of nitrogens with zero attached hydrogens (tertiary/aromatic N) is 7. The van der Waals surface area contributed by atoms with Crippen LogP contribution in [0.2, 0.25) is 5.54 Å². The van der Waals surface area contributed by atoms with Crippen molar-refractivity contribution in [2.24, 2.45) is 12.5 Å². The maximum Gasteiger partial charge on any atom is 0.182 e. The zero-order chi connectivity index (χ0) is 22.7. The molecule has 2 saturated heterocycles. The van der Waals surface area contributed by atoms with Crippen molar-refractivity contribution >= 4 is 38.3 Å². The molecule has 6 rings (SSSR count). The number of aliphatic hydroxyl groups excluding tert-OH is 1. The van der Waals surface area contributed by atoms with Crippen LogP contribution in [0.4, 0.5) is 5.82 Å². The summed E-state index contributed by atoms with van der Waals surface area (Å²) in [5.74, 6) is 0.774. The topological polar surface area (TPSA) is 94.1 Å². The second-order valence-corrected chi connectivity index (χ2v) is 10.8. The number of benzene rings is 1. The van der Waals surface area contributed by atoms with Gasteiger partial charge in [-0.1, -0.05) is 0 Å². The van der Waals surface area contributed by atoms with Crippen LogP contribution < -0.4 is 4.90 Å². The van der Waals surface area contributed by atoms with E-state index >= 15 is 0 Å². The van der Waals surface area contributed by atoms with Crippen molar-refractivity contribution in [3.8, 4) is 5.69 Å². The fraction of sp³-hybridized carbons (Fsp3) is 0.478. The highest BCUT2D eigenvalue weighted by Crippen LogP contribution is 2.49. The summed E-state index contributed by atoms with van der Waals surface area (Å²) in [5.41, 5.74) is 5.80. The second kappa shape index (κ2) is 7.61. The first-order valence-electron chi connectivity index (χ1n) is 11.6. The van der Waals surface area contributed by atoms with Crippen LogP contribution in [-0.2, 0) is 18.4 Å². The van der Waals surface area contributed by atoms with Crippen LogP contribution in [-0.4, -0.2) is 70.4 Å². The lowest BCUT2D eigenvalue weighted by atomic mass is 9.76. The molecule has 10 heteroatoms. The highest BCUT2D eigenvalue weighted by Gasteiger charge is 2.47. The minimum atomic E-state index is -0.159. The number of rotatable bonds is 3. The van der Waals surface area contributed by atoms with Crippen LogP contribution in [0, 0.1) is 5.41 Å². The number of hydrogen-bond donors (Lipinski definition) is 1. The molecule has 2 aliphatic heterocycles. The third-order valence-corrected chi connectivity index (χ3v) is 10.1. The van der Waals surface area contributed by atoms with Gasteiger partial charge < -0.3 is 19.3 Å². The van der Waals surface area contributed by atoms with Gasteiger partial charge in [0.15, 0.2) is 11.5 Å². The van der Waals surface area contributed by atoms with Gasteiger partial charge in [-0.3, -0.25) is 0 Å². The van der Waals surface area contributed by atoms with E-state index in [4.69, 9.17) is 14.7 Å². The first-order chi connectivity index (χ1) is 16.0. The molecule has 1 spiro atoms. The number of hydrogen-bond acceptors (Lipinski definition) is 7. The molecule has 0 radical (unpaired) electrons. The largest absolute Gasteiger partial charge is 0.390 e. The van der Waals surface area contributed by atoms with Gasteiger partial charge in [0.1, 0.15) is 11.2 Å². The number of piperidine rings is 1. The molecule has 2 fully saturated rings. The molecule has 5 heterocycles. The Morgan fingerprint density at radius 3 is 2.76 bits per heavy atom. The second-order valence-electron chi connectivity index (χ2n) is 9.60. The summed E-state index contributed by atoms with van der Waals surface area (Å²) >= 11 is 0. The van der Waals surface area contributed by atoms with Crippen molar-refractivity contribution in [3.63, 3.8) is 0 Å². The minimum absolute atomic E-state index is 0.159. The average Bonchev–Trinajstić information content (AvgIpc) is 3.51. The molecular formula is C23H29N7O2Si. The number of imidazole rings is 1. The molecule has 0 saturated carbocycles. The normalized spacial score (nSPS) is 22.8. The molecule has 0 amide bonds. The molecule has 3 aromatic heterocycles. The SMILES string of the molecule is C[C@@H]1OCC2(CCN(c3nc4cnn(-c5ccc6c(c5)ncn6C)c4nc3CO)CC2)C1[SiH3]. The van der Waals surface area contributed by atoms with Crippen molar-refractivity contribution < 1.29 is 9.84 Å². The number of aliphatic hydroxyl groups is 1. The van der Waals surface area contributed by atoms with E-state index in [2.05, 4.69) is 21.9 Å². The van der Waals surface area contributed by atoms with Crippen LogP contribution >= 0.6 is 0 Å². The van der Waals surface area contributed by atoms with Crippen LogP contribution in [0.3, 0.4) is 0 Å². The molecule has 0 bridgehead atoms. The average molecular weight is 464 g/mol. The summed E-state index contributed by atoms with van der Waals surface area (Å²) in [4.78, 5) is 16.4. The zero-order valence-electron chi connectivity index (χ0n) is 19.3. The third kappa shape index (κ3) is 3.19. The molecule has 2 aliphatic rings. The summed E-state index contributed by atoms with van der Waals surface area (Å²) in [6.07, 6.45) is 6.12. The standard InChI is InChI=1S/C23H29N7O2Si/c1-14-20(33)23(12-32-14)5-7-29(8-6-23)21-18(11-31)27-22-17(26-21)10-25-30(22)15-3-4-19-16(9-15)24-13-28(19)2/h3-4,9-10,13-14,20,31H,5-8,11-12H2,1-2,33H3/t14-,20?/m0/s1. The van der Waals surface area contributed by atoms with Gasteiger partial charge in [0.2, 0.25) is 0 Å². The van der Waals surface area contributed by atoms with E-state index in [-0.39, 0.29) is 6.61 Å². The number of aryl methyl sites for hydroxylation is 1. The van der Waals surface area contributed by atoms with Gasteiger partial charge in [0.05, 0.1) is 48.6 Å². The summed E-state index contributed by atoms with van der Waals surface area (Å²) in [5, 5.41) is 14.7. The van der Waals surface area contributed by atoms with E-state index in [0.717, 1.165) is 70.8 Å². The first kappa shape index (κ1) is 20.8. The predicted octanol–water partition coefficient (Wildman–Crippen LogP) is 1.35. The summed E-state index contributed by atoms with van der Waals surface area (Å²) in [6, 6.07) is 6.03. The maximum absolute atomic E-state index is 10.1. The smallest absolute Gasteiger partial charge is 0.182 e. The first-order valence-corrected chi connectivity index (χ1v) is 12.8. The fourth-order valence-electron chi connectivity index (χ4n) is 5.51. The molecular weight excluding hydrogens is 434 g/mol. The van der Waals surface area contributed by atoms with Gasteiger partial charge in [0.25, 0.3) is 0 Å². The Kier molecular flexibility index (Phi) is 4.79. The lowest BCUT2D eigenvalue weighted by Crippen LogP contribution is -2.43. The molecule has 172 valence electrons. The number of anilines is 1. The third-order valence-electron chi connectivity index (χ3n) is 7.92. The van der Waals surface area contributed by atoms with Crippen molar-refractivity contribution in [3.05, 3.63) is 36.4 Å². The van der Waals surface area contributed by atoms with Crippen molar-refractivity contribution in [2.45, 2.75) is 38.0 Å². The number of aromatic nitrogens is 6. The Morgan fingerprint density at radius 2 is 2.03 bits per heavy atom. The highest BCUT2D eigenvalue weighted by atomic mass is 28.1. The molecule has 33 heavy (non-hydrogen) atoms. The van der Waals surface area contributed by atoms with E-state index in [1.165, 1.54) is 0 Å². The predicted molar refractivity (Wildman–Crippen MR) is 130 cm³/mol. The van der Waals surface area contributed by atoms with E-state index in [1.54, 1.807) is 17.2 Å². The Labute approximate surface area is 194 Å². The molecule has 4 aromatic rings. The Hall–Kier alpha value is -2.82. The van der Waals surface area contributed by atoms with Crippen molar-refractivity contribution in [1.82, 2.24) is 29.3 Å². The van der Waals surface area contributed by atoms with Crippen molar-refractivity contribution in [2.75, 3.05) is 24.6 Å². The zero-order valence-corrected chi connectivity index (χ0v) is 21.3. The minimum Gasteiger partial charge on any atom is -0.390 e. The van der Waals surface area contributed by atoms with Gasteiger partial charge in [-0.2, -0.15) is 5.10 Å². The molecule has 1 N–H and O–H groups in total. The summed E-state index contributed by atoms with van der Waals surface area (Å²) in [7, 11) is 3.14. The van der Waals surface area contributed by atoms with Gasteiger partial charge >= 0.3 is 0 Å². The number of fused-ring (bicyclic) bond motifs is 2. The lowest BCUT2D eigenvalue weighted by Gasteiger charge is -2.42. The van der Waals surface area contributed by atoms with E-state index in [1.807, 2.05) is 29.8 Å². The van der Waals surface area contributed by atoms with Crippen LogP contribution in [0.5, 0.6) is 0 Å². The lowest BCUT2D eigenvalue weighted by molar-refractivity contribution is 0.0975. The van der Waals surface area contributed by atoms with Gasteiger partial charge in [-0.05, 0) is 48.9 Å². The summed E-state index contributed by atoms with van der Waals surface area (Å²) in [6.45, 7) is 4.75. The Balaban J connectivity index is 1.33. The Morgan fingerprint density at radius 1 is 1.21 bits per heavy atom. The van der Waals surface area contributed by atoms with E-state index in [9.17, 15) is 5.11 Å². The van der Waals surface area contributed by atoms with E-state index in [0.29, 0.717) is 28.4 Å². The van der Waals surface area contributed by atoms with Crippen LogP contribution in [0.25, 0.3) is 27.9 Å². The van der Waals surface area contributed by atoms with Crippen LogP contribution in [0.1, 0.15) is 25.5 Å². The summed E-state index contributed by atoms with van der Waals surface area (Å²) < 4.78 is 9.76. The van der Waals surface area contributed by atoms with Gasteiger partial charge in [0, 0.05) is 30.4 Å². The van der Waals surface area contributed by atoms with Crippen LogP contribution in [0.15, 0.2) is 30.7 Å². The molecule has 9 nitrogen and oxygen atoms in total. The van der Waals surface area contributed by atoms with Crippen molar-refractivity contribution in [1.29, 1.82) is 0 Å². The molecule has 2 atom stereocenters. The van der Waals surface area contributed by atoms with Gasteiger partial charge in [-0.15, -0.1) is 0 Å². The monoisotopic (exact) mass is 463 g/mol.